The van der Waals surface area contributed by atoms with Gasteiger partial charge in [-0.05, 0) is 68.4 Å². The number of nitrogens with zero attached hydrogens (tertiary/aromatic N) is 2. The van der Waals surface area contributed by atoms with Gasteiger partial charge in [-0.3, -0.25) is 0 Å². The lowest BCUT2D eigenvalue weighted by atomic mass is 10.0. The molecule has 164 valence electrons. The molecule has 1 fully saturated rings. The van der Waals surface area contributed by atoms with E-state index in [1.54, 1.807) is 0 Å². The molecule has 2 aromatic carbocycles. The summed E-state index contributed by atoms with van der Waals surface area (Å²) in [5.41, 5.74) is 5.85. The highest BCUT2D eigenvalue weighted by molar-refractivity contribution is 5.92. The molecular weight excluding hydrogens is 388 g/mol. The Morgan fingerprint density at radius 3 is 2.61 bits per heavy atom. The number of carbonyl (C=O) groups is 2. The maximum atomic E-state index is 12.8. The molecule has 0 saturated carbocycles. The predicted molar refractivity (Wildman–Crippen MR) is 123 cm³/mol. The lowest BCUT2D eigenvalue weighted by Crippen LogP contribution is -2.53. The summed E-state index contributed by atoms with van der Waals surface area (Å²) in [5.74, 6) is 0. The fourth-order valence-electron chi connectivity index (χ4n) is 4.54. The van der Waals surface area contributed by atoms with Crippen LogP contribution in [0.15, 0.2) is 42.5 Å². The molecule has 0 bridgehead atoms. The Bertz CT molecular complexity index is 966. The summed E-state index contributed by atoms with van der Waals surface area (Å²) in [4.78, 5) is 29.1. The molecule has 6 heteroatoms. The predicted octanol–water partition coefficient (Wildman–Crippen LogP) is 4.46. The molecule has 0 radical (unpaired) electrons. The van der Waals surface area contributed by atoms with Crippen molar-refractivity contribution in [1.29, 1.82) is 0 Å². The molecule has 2 aliphatic rings. The molecule has 1 atom stereocenters. The minimum atomic E-state index is -0.0383. The maximum absolute atomic E-state index is 12.8. The average molecular weight is 421 g/mol. The van der Waals surface area contributed by atoms with Gasteiger partial charge in [-0.2, -0.15) is 0 Å². The van der Waals surface area contributed by atoms with E-state index in [4.69, 9.17) is 0 Å². The zero-order valence-electron chi connectivity index (χ0n) is 18.6. The molecule has 2 aliphatic heterocycles. The van der Waals surface area contributed by atoms with Gasteiger partial charge in [-0.25, -0.2) is 9.59 Å². The summed E-state index contributed by atoms with van der Waals surface area (Å²) in [6.07, 6.45) is 2.42. The van der Waals surface area contributed by atoms with Crippen molar-refractivity contribution >= 4 is 17.7 Å². The van der Waals surface area contributed by atoms with Crippen LogP contribution in [-0.4, -0.2) is 47.0 Å². The summed E-state index contributed by atoms with van der Waals surface area (Å²) < 4.78 is 0. The number of para-hydroxylation sites is 1. The Kier molecular flexibility index (Phi) is 6.16. The lowest BCUT2D eigenvalue weighted by Gasteiger charge is -2.40. The fraction of sp³-hybridized carbons (Fsp3) is 0.440. The molecule has 2 aromatic rings. The SMILES string of the molecule is Cc1ccc(C[C@H](C)NC(=O)N2CCC(N3Cc4ccccc4NC3=O)CC2)cc1C. The highest BCUT2D eigenvalue weighted by atomic mass is 16.2. The summed E-state index contributed by atoms with van der Waals surface area (Å²) in [6, 6.07) is 14.6. The number of benzene rings is 2. The van der Waals surface area contributed by atoms with Crippen LogP contribution < -0.4 is 10.6 Å². The zero-order valence-corrected chi connectivity index (χ0v) is 18.6. The van der Waals surface area contributed by atoms with Gasteiger partial charge in [0.2, 0.25) is 0 Å². The number of nitrogens with one attached hydrogen (secondary N) is 2. The third kappa shape index (κ3) is 4.84. The maximum Gasteiger partial charge on any atom is 0.322 e. The first-order chi connectivity index (χ1) is 14.9. The van der Waals surface area contributed by atoms with Gasteiger partial charge in [-0.15, -0.1) is 0 Å². The number of anilines is 1. The average Bonchev–Trinajstić information content (AvgIpc) is 2.76. The molecule has 0 spiro atoms. The molecule has 31 heavy (non-hydrogen) atoms. The normalized spacial score (nSPS) is 17.7. The topological polar surface area (TPSA) is 64.7 Å². The fourth-order valence-corrected chi connectivity index (χ4v) is 4.54. The minimum Gasteiger partial charge on any atom is -0.335 e. The first kappa shape index (κ1) is 21.2. The molecule has 1 saturated heterocycles. The Morgan fingerprint density at radius 1 is 1.13 bits per heavy atom. The van der Waals surface area contributed by atoms with Crippen LogP contribution in [0.25, 0.3) is 0 Å². The zero-order chi connectivity index (χ0) is 22.0. The number of amides is 4. The summed E-state index contributed by atoms with van der Waals surface area (Å²) in [5, 5.41) is 6.13. The van der Waals surface area contributed by atoms with Crippen LogP contribution in [-0.2, 0) is 13.0 Å². The number of urea groups is 2. The van der Waals surface area contributed by atoms with Crippen molar-refractivity contribution in [3.8, 4) is 0 Å². The largest absolute Gasteiger partial charge is 0.335 e. The van der Waals surface area contributed by atoms with E-state index in [2.05, 4.69) is 55.7 Å². The number of aryl methyl sites for hydroxylation is 2. The summed E-state index contributed by atoms with van der Waals surface area (Å²) in [6.45, 7) is 8.24. The molecule has 2 heterocycles. The standard InChI is InChI=1S/C25H32N4O2/c1-17-8-9-20(14-18(17)2)15-19(3)26-24(30)28-12-10-22(11-13-28)29-16-21-6-4-5-7-23(21)27-25(29)31/h4-9,14,19,22H,10-13,15-16H2,1-3H3,(H,26,30)(H,27,31)/t19-/m0/s1. The number of piperidine rings is 1. The number of rotatable bonds is 4. The molecule has 0 unspecified atom stereocenters. The van der Waals surface area contributed by atoms with Gasteiger partial charge in [0.25, 0.3) is 0 Å². The third-order valence-corrected chi connectivity index (χ3v) is 6.54. The van der Waals surface area contributed by atoms with E-state index in [1.165, 1.54) is 16.7 Å². The minimum absolute atomic E-state index is 0.0109. The molecule has 4 rings (SSSR count). The van der Waals surface area contributed by atoms with Crippen molar-refractivity contribution in [3.63, 3.8) is 0 Å². The number of likely N-dealkylation sites (tertiary alicyclic amines) is 1. The molecule has 6 nitrogen and oxygen atoms in total. The van der Waals surface area contributed by atoms with Gasteiger partial charge in [0.15, 0.2) is 0 Å². The number of carbonyl (C=O) groups excluding carboxylic acids is 2. The summed E-state index contributed by atoms with van der Waals surface area (Å²) in [7, 11) is 0. The Labute approximate surface area is 184 Å². The van der Waals surface area contributed by atoms with E-state index in [9.17, 15) is 9.59 Å². The van der Waals surface area contributed by atoms with Gasteiger partial charge < -0.3 is 20.4 Å². The Morgan fingerprint density at radius 2 is 1.87 bits per heavy atom. The van der Waals surface area contributed by atoms with E-state index >= 15 is 0 Å². The second kappa shape index (κ2) is 9.00. The highest BCUT2D eigenvalue weighted by Gasteiger charge is 2.32. The molecule has 0 aromatic heterocycles. The van der Waals surface area contributed by atoms with Crippen LogP contribution in [0.2, 0.25) is 0 Å². The highest BCUT2D eigenvalue weighted by Crippen LogP contribution is 2.27. The number of fused-ring (bicyclic) bond motifs is 1. The smallest absolute Gasteiger partial charge is 0.322 e. The van der Waals surface area contributed by atoms with Crippen molar-refractivity contribution in [1.82, 2.24) is 15.1 Å². The third-order valence-electron chi connectivity index (χ3n) is 6.54. The number of hydrogen-bond acceptors (Lipinski definition) is 2. The van der Waals surface area contributed by atoms with Crippen molar-refractivity contribution in [2.75, 3.05) is 18.4 Å². The molecular formula is C25H32N4O2. The quantitative estimate of drug-likeness (QED) is 0.767. The second-order valence-corrected chi connectivity index (χ2v) is 8.91. The van der Waals surface area contributed by atoms with Crippen LogP contribution >= 0.6 is 0 Å². The van der Waals surface area contributed by atoms with Crippen LogP contribution in [0.1, 0.15) is 42.0 Å². The van der Waals surface area contributed by atoms with Crippen molar-refractivity contribution < 1.29 is 9.59 Å². The van der Waals surface area contributed by atoms with Crippen LogP contribution in [0.3, 0.4) is 0 Å². The lowest BCUT2D eigenvalue weighted by molar-refractivity contribution is 0.127. The van der Waals surface area contributed by atoms with Crippen molar-refractivity contribution in [3.05, 3.63) is 64.7 Å². The van der Waals surface area contributed by atoms with Gasteiger partial charge in [0, 0.05) is 37.4 Å². The molecule has 2 N–H and O–H groups in total. The van der Waals surface area contributed by atoms with E-state index in [0.717, 1.165) is 30.5 Å². The van der Waals surface area contributed by atoms with Crippen molar-refractivity contribution in [2.45, 2.75) is 58.7 Å². The van der Waals surface area contributed by atoms with E-state index < -0.39 is 0 Å². The van der Waals surface area contributed by atoms with E-state index in [0.29, 0.717) is 19.6 Å². The Balaban J connectivity index is 1.28. The summed E-state index contributed by atoms with van der Waals surface area (Å²) >= 11 is 0. The Hall–Kier alpha value is -3.02. The van der Waals surface area contributed by atoms with Crippen molar-refractivity contribution in [2.24, 2.45) is 0 Å². The molecule has 4 amide bonds. The van der Waals surface area contributed by atoms with Crippen LogP contribution in [0.5, 0.6) is 0 Å². The number of hydrogen-bond donors (Lipinski definition) is 2. The monoisotopic (exact) mass is 420 g/mol. The van der Waals surface area contributed by atoms with Crippen LogP contribution in [0.4, 0.5) is 15.3 Å². The van der Waals surface area contributed by atoms with Gasteiger partial charge >= 0.3 is 12.1 Å². The first-order valence-electron chi connectivity index (χ1n) is 11.2. The van der Waals surface area contributed by atoms with Gasteiger partial charge in [0.1, 0.15) is 0 Å². The van der Waals surface area contributed by atoms with Crippen LogP contribution in [0, 0.1) is 13.8 Å². The van der Waals surface area contributed by atoms with E-state index in [1.807, 2.05) is 28.0 Å². The van der Waals surface area contributed by atoms with Gasteiger partial charge in [-0.1, -0.05) is 36.4 Å². The van der Waals surface area contributed by atoms with Gasteiger partial charge in [0.05, 0.1) is 0 Å². The first-order valence-corrected chi connectivity index (χ1v) is 11.2. The second-order valence-electron chi connectivity index (χ2n) is 8.91. The molecule has 0 aliphatic carbocycles. The van der Waals surface area contributed by atoms with E-state index in [-0.39, 0.29) is 24.1 Å².